The van der Waals surface area contributed by atoms with Crippen LogP contribution in [0.25, 0.3) is 11.0 Å². The Labute approximate surface area is 94.2 Å². The van der Waals surface area contributed by atoms with Gasteiger partial charge in [-0.25, -0.2) is 9.97 Å². The zero-order valence-corrected chi connectivity index (χ0v) is 9.28. The molecule has 1 N–H and O–H groups in total. The maximum atomic E-state index is 8.65. The van der Waals surface area contributed by atoms with Crippen molar-refractivity contribution < 1.29 is 5.11 Å². The minimum Gasteiger partial charge on any atom is -0.384 e. The van der Waals surface area contributed by atoms with Gasteiger partial charge in [0.15, 0.2) is 0 Å². The lowest BCUT2D eigenvalue weighted by Crippen LogP contribution is -1.96. The normalized spacial score (nSPS) is 9.94. The molecule has 0 aliphatic carbocycles. The fourth-order valence-corrected chi connectivity index (χ4v) is 1.54. The van der Waals surface area contributed by atoms with E-state index in [1.54, 1.807) is 0 Å². The highest BCUT2D eigenvalue weighted by molar-refractivity contribution is 5.78. The number of aliphatic hydroxyl groups is 1. The van der Waals surface area contributed by atoms with Crippen molar-refractivity contribution in [3.05, 3.63) is 35.2 Å². The molecular formula is C13H12N2O. The zero-order valence-electron chi connectivity index (χ0n) is 9.28. The predicted octanol–water partition coefficient (Wildman–Crippen LogP) is 1.59. The van der Waals surface area contributed by atoms with Crippen molar-refractivity contribution >= 4 is 11.0 Å². The third-order valence-electron chi connectivity index (χ3n) is 2.36. The van der Waals surface area contributed by atoms with E-state index in [4.69, 9.17) is 5.11 Å². The Morgan fingerprint density at radius 3 is 2.81 bits per heavy atom. The number of rotatable bonds is 0. The van der Waals surface area contributed by atoms with Gasteiger partial charge >= 0.3 is 0 Å². The molecule has 0 amide bonds. The number of hydrogen-bond acceptors (Lipinski definition) is 3. The van der Waals surface area contributed by atoms with Crippen LogP contribution in [0.2, 0.25) is 0 Å². The van der Waals surface area contributed by atoms with E-state index in [2.05, 4.69) is 21.8 Å². The standard InChI is InChI=1S/C13H12N2O/c1-9-5-3-6-12-13(9)14-10(2)11(15-12)7-4-8-16/h3,5-6,16H,8H2,1-2H3. The van der Waals surface area contributed by atoms with E-state index in [9.17, 15) is 0 Å². The van der Waals surface area contributed by atoms with Gasteiger partial charge in [0.2, 0.25) is 0 Å². The van der Waals surface area contributed by atoms with E-state index < -0.39 is 0 Å². The number of hydrogen-bond donors (Lipinski definition) is 1. The topological polar surface area (TPSA) is 46.0 Å². The molecule has 80 valence electrons. The summed E-state index contributed by atoms with van der Waals surface area (Å²) in [5, 5.41) is 8.65. The molecule has 0 bridgehead atoms. The predicted molar refractivity (Wildman–Crippen MR) is 63.0 cm³/mol. The zero-order chi connectivity index (χ0) is 11.5. The highest BCUT2D eigenvalue weighted by atomic mass is 16.2. The molecule has 0 saturated heterocycles. The summed E-state index contributed by atoms with van der Waals surface area (Å²) in [7, 11) is 0. The van der Waals surface area contributed by atoms with Crippen molar-refractivity contribution in [3.8, 4) is 11.8 Å². The van der Waals surface area contributed by atoms with Gasteiger partial charge in [0, 0.05) is 0 Å². The minimum atomic E-state index is -0.160. The average Bonchev–Trinajstić information content (AvgIpc) is 2.28. The number of aromatic nitrogens is 2. The number of fused-ring (bicyclic) bond motifs is 1. The molecule has 0 aliphatic heterocycles. The molecule has 0 unspecified atom stereocenters. The summed E-state index contributed by atoms with van der Waals surface area (Å²) in [6.07, 6.45) is 0. The van der Waals surface area contributed by atoms with Gasteiger partial charge in [0.25, 0.3) is 0 Å². The Bertz CT molecular complexity index is 594. The van der Waals surface area contributed by atoms with E-state index in [0.717, 1.165) is 22.3 Å². The molecule has 0 aliphatic rings. The Balaban J connectivity index is 2.67. The quantitative estimate of drug-likeness (QED) is 0.674. The van der Waals surface area contributed by atoms with E-state index >= 15 is 0 Å². The van der Waals surface area contributed by atoms with Crippen LogP contribution in [0.5, 0.6) is 0 Å². The molecule has 0 fully saturated rings. The Morgan fingerprint density at radius 2 is 2.06 bits per heavy atom. The molecule has 1 aromatic carbocycles. The second kappa shape index (κ2) is 4.30. The molecule has 0 atom stereocenters. The monoisotopic (exact) mass is 212 g/mol. The minimum absolute atomic E-state index is 0.160. The van der Waals surface area contributed by atoms with E-state index in [1.165, 1.54) is 0 Å². The summed E-state index contributed by atoms with van der Waals surface area (Å²) in [5.74, 6) is 5.39. The summed E-state index contributed by atoms with van der Waals surface area (Å²) < 4.78 is 0. The lowest BCUT2D eigenvalue weighted by molar-refractivity contribution is 0.350. The van der Waals surface area contributed by atoms with Gasteiger partial charge in [-0.2, -0.15) is 0 Å². The third-order valence-corrected chi connectivity index (χ3v) is 2.36. The van der Waals surface area contributed by atoms with Crippen LogP contribution in [0, 0.1) is 25.7 Å². The van der Waals surface area contributed by atoms with Gasteiger partial charge in [0.1, 0.15) is 12.3 Å². The van der Waals surface area contributed by atoms with Crippen LogP contribution in [-0.2, 0) is 0 Å². The Kier molecular flexibility index (Phi) is 2.84. The average molecular weight is 212 g/mol. The van der Waals surface area contributed by atoms with Gasteiger partial charge in [-0.1, -0.05) is 18.1 Å². The van der Waals surface area contributed by atoms with Crippen molar-refractivity contribution in [1.29, 1.82) is 0 Å². The number of aryl methyl sites for hydroxylation is 2. The first-order chi connectivity index (χ1) is 7.72. The van der Waals surface area contributed by atoms with E-state index in [1.807, 2.05) is 32.0 Å². The van der Waals surface area contributed by atoms with Crippen molar-refractivity contribution in [2.75, 3.05) is 6.61 Å². The van der Waals surface area contributed by atoms with Gasteiger partial charge < -0.3 is 5.11 Å². The van der Waals surface area contributed by atoms with Crippen molar-refractivity contribution in [2.24, 2.45) is 0 Å². The Hall–Kier alpha value is -1.92. The van der Waals surface area contributed by atoms with Crippen LogP contribution in [-0.4, -0.2) is 21.7 Å². The number of benzene rings is 1. The van der Waals surface area contributed by atoms with Crippen molar-refractivity contribution in [1.82, 2.24) is 9.97 Å². The number of nitrogens with zero attached hydrogens (tertiary/aromatic N) is 2. The first-order valence-corrected chi connectivity index (χ1v) is 5.06. The highest BCUT2D eigenvalue weighted by Gasteiger charge is 2.04. The summed E-state index contributed by atoms with van der Waals surface area (Å²) in [5.41, 5.74) is 4.28. The lowest BCUT2D eigenvalue weighted by atomic mass is 10.2. The summed E-state index contributed by atoms with van der Waals surface area (Å²) in [6, 6.07) is 5.87. The van der Waals surface area contributed by atoms with E-state index in [-0.39, 0.29) is 6.61 Å². The van der Waals surface area contributed by atoms with Crippen LogP contribution in [0.3, 0.4) is 0 Å². The lowest BCUT2D eigenvalue weighted by Gasteiger charge is -2.03. The largest absolute Gasteiger partial charge is 0.384 e. The van der Waals surface area contributed by atoms with Crippen LogP contribution in [0.15, 0.2) is 18.2 Å². The maximum Gasteiger partial charge on any atom is 0.135 e. The van der Waals surface area contributed by atoms with Gasteiger partial charge in [-0.05, 0) is 31.4 Å². The van der Waals surface area contributed by atoms with Crippen LogP contribution < -0.4 is 0 Å². The molecule has 1 aromatic heterocycles. The molecule has 2 rings (SSSR count). The fourth-order valence-electron chi connectivity index (χ4n) is 1.54. The molecule has 0 radical (unpaired) electrons. The molecule has 3 nitrogen and oxygen atoms in total. The summed E-state index contributed by atoms with van der Waals surface area (Å²) in [6.45, 7) is 3.72. The SMILES string of the molecule is Cc1nc2c(C)cccc2nc1C#CCO. The third kappa shape index (κ3) is 1.88. The first-order valence-electron chi connectivity index (χ1n) is 5.06. The van der Waals surface area contributed by atoms with Crippen LogP contribution >= 0.6 is 0 Å². The molecule has 0 saturated carbocycles. The van der Waals surface area contributed by atoms with Crippen LogP contribution in [0.1, 0.15) is 17.0 Å². The molecule has 2 aromatic rings. The summed E-state index contributed by atoms with van der Waals surface area (Å²) in [4.78, 5) is 8.91. The molecular weight excluding hydrogens is 200 g/mol. The maximum absolute atomic E-state index is 8.65. The van der Waals surface area contributed by atoms with Crippen LogP contribution in [0.4, 0.5) is 0 Å². The van der Waals surface area contributed by atoms with Crippen molar-refractivity contribution in [3.63, 3.8) is 0 Å². The number of para-hydroxylation sites is 1. The van der Waals surface area contributed by atoms with Gasteiger partial charge in [-0.3, -0.25) is 0 Å². The number of aliphatic hydroxyl groups excluding tert-OH is 1. The smallest absolute Gasteiger partial charge is 0.135 e. The van der Waals surface area contributed by atoms with Crippen molar-refractivity contribution in [2.45, 2.75) is 13.8 Å². The Morgan fingerprint density at radius 1 is 1.25 bits per heavy atom. The first kappa shape index (κ1) is 10.6. The molecule has 3 heteroatoms. The second-order valence-corrected chi connectivity index (χ2v) is 3.56. The molecule has 16 heavy (non-hydrogen) atoms. The highest BCUT2D eigenvalue weighted by Crippen LogP contribution is 2.15. The molecule has 1 heterocycles. The van der Waals surface area contributed by atoms with Gasteiger partial charge in [-0.15, -0.1) is 0 Å². The van der Waals surface area contributed by atoms with E-state index in [0.29, 0.717) is 5.69 Å². The summed E-state index contributed by atoms with van der Waals surface area (Å²) >= 11 is 0. The van der Waals surface area contributed by atoms with Gasteiger partial charge in [0.05, 0.1) is 16.7 Å². The second-order valence-electron chi connectivity index (χ2n) is 3.56. The fraction of sp³-hybridized carbons (Fsp3) is 0.231. The molecule has 0 spiro atoms.